The highest BCUT2D eigenvalue weighted by Gasteiger charge is 2.34. The van der Waals surface area contributed by atoms with Crippen LogP contribution < -0.4 is 10.1 Å². The van der Waals surface area contributed by atoms with E-state index in [1.807, 2.05) is 38.1 Å². The highest BCUT2D eigenvalue weighted by atomic mass is 32.2. The molecule has 1 fully saturated rings. The molecular weight excluding hydrogens is 300 g/mol. The van der Waals surface area contributed by atoms with Crippen LogP contribution in [0.5, 0.6) is 5.75 Å². The van der Waals surface area contributed by atoms with Crippen molar-refractivity contribution in [2.24, 2.45) is 0 Å². The zero-order valence-corrected chi connectivity index (χ0v) is 14.0. The summed E-state index contributed by atoms with van der Waals surface area (Å²) in [5.41, 5.74) is 0.977. The van der Waals surface area contributed by atoms with Crippen molar-refractivity contribution in [3.8, 4) is 5.75 Å². The minimum Gasteiger partial charge on any atom is -0.496 e. The van der Waals surface area contributed by atoms with Crippen LogP contribution in [0.3, 0.4) is 0 Å². The average Bonchev–Trinajstić information content (AvgIpc) is 2.85. The number of para-hydroxylation sites is 1. The van der Waals surface area contributed by atoms with Crippen LogP contribution in [-0.2, 0) is 9.59 Å². The molecule has 0 saturated carbocycles. The molecule has 120 valence electrons. The van der Waals surface area contributed by atoms with E-state index < -0.39 is 0 Å². The second-order valence-corrected chi connectivity index (χ2v) is 6.53. The molecular formula is C16H22N2O3S. The first-order valence-corrected chi connectivity index (χ1v) is 8.41. The molecule has 0 radical (unpaired) electrons. The Hall–Kier alpha value is -1.69. The van der Waals surface area contributed by atoms with Crippen LogP contribution in [0.15, 0.2) is 24.3 Å². The molecule has 1 aliphatic heterocycles. The Kier molecular flexibility index (Phi) is 5.71. The lowest BCUT2D eigenvalue weighted by molar-refractivity contribution is -0.129. The second-order valence-electron chi connectivity index (χ2n) is 5.46. The number of amides is 2. The molecule has 1 N–H and O–H groups in total. The van der Waals surface area contributed by atoms with E-state index in [0.29, 0.717) is 18.7 Å². The SMILES string of the molecule is COc1ccccc1[C@H]1SCC(=O)N1CCC(=O)NC(C)C. The van der Waals surface area contributed by atoms with Gasteiger partial charge in [-0.05, 0) is 19.9 Å². The molecule has 1 heterocycles. The van der Waals surface area contributed by atoms with E-state index in [0.717, 1.165) is 11.3 Å². The van der Waals surface area contributed by atoms with Gasteiger partial charge in [0, 0.05) is 24.6 Å². The van der Waals surface area contributed by atoms with E-state index in [1.54, 1.807) is 23.8 Å². The predicted octanol–water partition coefficient (Wildman–Crippen LogP) is 2.18. The molecule has 0 bridgehead atoms. The third-order valence-corrected chi connectivity index (χ3v) is 4.64. The smallest absolute Gasteiger partial charge is 0.233 e. The summed E-state index contributed by atoms with van der Waals surface area (Å²) in [4.78, 5) is 25.7. The maximum Gasteiger partial charge on any atom is 0.233 e. The Balaban J connectivity index is 2.08. The van der Waals surface area contributed by atoms with E-state index in [4.69, 9.17) is 4.74 Å². The summed E-state index contributed by atoms with van der Waals surface area (Å²) in [5, 5.41) is 2.76. The lowest BCUT2D eigenvalue weighted by atomic mass is 10.1. The lowest BCUT2D eigenvalue weighted by Gasteiger charge is -2.25. The molecule has 1 aromatic rings. The summed E-state index contributed by atoms with van der Waals surface area (Å²) in [5.74, 6) is 1.25. The van der Waals surface area contributed by atoms with Gasteiger partial charge in [0.05, 0.1) is 12.9 Å². The molecule has 0 aliphatic carbocycles. The number of hydrogen-bond acceptors (Lipinski definition) is 4. The number of ether oxygens (including phenoxy) is 1. The monoisotopic (exact) mass is 322 g/mol. The van der Waals surface area contributed by atoms with Crippen LogP contribution in [0.4, 0.5) is 0 Å². The maximum absolute atomic E-state index is 12.1. The highest BCUT2D eigenvalue weighted by molar-refractivity contribution is 8.00. The first-order valence-electron chi connectivity index (χ1n) is 7.36. The minimum atomic E-state index is -0.0875. The summed E-state index contributed by atoms with van der Waals surface area (Å²) >= 11 is 1.57. The first-order chi connectivity index (χ1) is 10.5. The van der Waals surface area contributed by atoms with Crippen LogP contribution in [0.25, 0.3) is 0 Å². The van der Waals surface area contributed by atoms with E-state index in [2.05, 4.69) is 5.32 Å². The van der Waals surface area contributed by atoms with Gasteiger partial charge >= 0.3 is 0 Å². The molecule has 0 aromatic heterocycles. The van der Waals surface area contributed by atoms with Gasteiger partial charge in [-0.1, -0.05) is 18.2 Å². The summed E-state index contributed by atoms with van der Waals surface area (Å²) < 4.78 is 5.39. The standard InChI is InChI=1S/C16H22N2O3S/c1-11(2)17-14(19)8-9-18-15(20)10-22-16(18)12-6-4-5-7-13(12)21-3/h4-7,11,16H,8-10H2,1-3H3,(H,17,19)/t16-/m1/s1. The van der Waals surface area contributed by atoms with E-state index >= 15 is 0 Å². The molecule has 1 saturated heterocycles. The van der Waals surface area contributed by atoms with Crippen molar-refractivity contribution >= 4 is 23.6 Å². The van der Waals surface area contributed by atoms with E-state index in [-0.39, 0.29) is 23.2 Å². The maximum atomic E-state index is 12.1. The van der Waals surface area contributed by atoms with Gasteiger partial charge < -0.3 is 15.0 Å². The van der Waals surface area contributed by atoms with Gasteiger partial charge in [0.15, 0.2) is 0 Å². The average molecular weight is 322 g/mol. The second kappa shape index (κ2) is 7.54. The number of nitrogens with zero attached hydrogens (tertiary/aromatic N) is 1. The van der Waals surface area contributed by atoms with Gasteiger partial charge in [-0.25, -0.2) is 0 Å². The van der Waals surface area contributed by atoms with Crippen molar-refractivity contribution in [2.75, 3.05) is 19.4 Å². The van der Waals surface area contributed by atoms with Gasteiger partial charge in [-0.15, -0.1) is 11.8 Å². The fourth-order valence-electron chi connectivity index (χ4n) is 2.44. The van der Waals surface area contributed by atoms with Crippen molar-refractivity contribution < 1.29 is 14.3 Å². The third kappa shape index (κ3) is 3.94. The molecule has 6 heteroatoms. The van der Waals surface area contributed by atoms with Gasteiger partial charge in [0.2, 0.25) is 11.8 Å². The van der Waals surface area contributed by atoms with Crippen LogP contribution in [-0.4, -0.2) is 42.2 Å². The molecule has 5 nitrogen and oxygen atoms in total. The molecule has 1 aromatic carbocycles. The number of thioether (sulfide) groups is 1. The van der Waals surface area contributed by atoms with E-state index in [9.17, 15) is 9.59 Å². The van der Waals surface area contributed by atoms with Crippen LogP contribution in [0.1, 0.15) is 31.2 Å². The Bertz CT molecular complexity index is 548. The Morgan fingerprint density at radius 2 is 2.18 bits per heavy atom. The van der Waals surface area contributed by atoms with Gasteiger partial charge in [-0.2, -0.15) is 0 Å². The fourth-order valence-corrected chi connectivity index (χ4v) is 3.68. The number of carbonyl (C=O) groups is 2. The molecule has 0 unspecified atom stereocenters. The molecule has 22 heavy (non-hydrogen) atoms. The third-order valence-electron chi connectivity index (χ3n) is 3.40. The highest BCUT2D eigenvalue weighted by Crippen LogP contribution is 2.42. The van der Waals surface area contributed by atoms with Gasteiger partial charge in [0.25, 0.3) is 0 Å². The normalized spacial score (nSPS) is 17.9. The molecule has 2 amide bonds. The lowest BCUT2D eigenvalue weighted by Crippen LogP contribution is -2.35. The van der Waals surface area contributed by atoms with E-state index in [1.165, 1.54) is 0 Å². The van der Waals surface area contributed by atoms with Gasteiger partial charge in [-0.3, -0.25) is 9.59 Å². The molecule has 1 atom stereocenters. The van der Waals surface area contributed by atoms with Crippen molar-refractivity contribution in [1.82, 2.24) is 10.2 Å². The predicted molar refractivity (Wildman–Crippen MR) is 87.8 cm³/mol. The number of methoxy groups -OCH3 is 1. The molecule has 2 rings (SSSR count). The van der Waals surface area contributed by atoms with Crippen molar-refractivity contribution in [1.29, 1.82) is 0 Å². The largest absolute Gasteiger partial charge is 0.496 e. The van der Waals surface area contributed by atoms with Crippen molar-refractivity contribution in [2.45, 2.75) is 31.7 Å². The van der Waals surface area contributed by atoms with Crippen LogP contribution >= 0.6 is 11.8 Å². The number of carbonyl (C=O) groups excluding carboxylic acids is 2. The van der Waals surface area contributed by atoms with Gasteiger partial charge in [0.1, 0.15) is 11.1 Å². The minimum absolute atomic E-state index is 0.0292. The number of rotatable bonds is 6. The first kappa shape index (κ1) is 16.7. The van der Waals surface area contributed by atoms with Crippen LogP contribution in [0, 0.1) is 0 Å². The zero-order valence-electron chi connectivity index (χ0n) is 13.2. The quantitative estimate of drug-likeness (QED) is 0.872. The number of hydrogen-bond donors (Lipinski definition) is 1. The van der Waals surface area contributed by atoms with Crippen LogP contribution in [0.2, 0.25) is 0 Å². The molecule has 1 aliphatic rings. The Labute approximate surface area is 135 Å². The summed E-state index contributed by atoms with van der Waals surface area (Å²) in [7, 11) is 1.63. The zero-order chi connectivity index (χ0) is 16.1. The summed E-state index contributed by atoms with van der Waals surface area (Å²) in [6.07, 6.45) is 0.316. The topological polar surface area (TPSA) is 58.6 Å². The Morgan fingerprint density at radius 1 is 1.45 bits per heavy atom. The number of nitrogens with one attached hydrogen (secondary N) is 1. The Morgan fingerprint density at radius 3 is 2.86 bits per heavy atom. The van der Waals surface area contributed by atoms with Crippen molar-refractivity contribution in [3.63, 3.8) is 0 Å². The summed E-state index contributed by atoms with van der Waals surface area (Å²) in [6.45, 7) is 4.27. The van der Waals surface area contributed by atoms with Crippen molar-refractivity contribution in [3.05, 3.63) is 29.8 Å². The molecule has 0 spiro atoms. The number of benzene rings is 1. The fraction of sp³-hybridized carbons (Fsp3) is 0.500. The summed E-state index contributed by atoms with van der Waals surface area (Å²) in [6, 6.07) is 7.81.